The summed E-state index contributed by atoms with van der Waals surface area (Å²) in [6, 6.07) is 0. The van der Waals surface area contributed by atoms with Gasteiger partial charge in [0.2, 0.25) is 0 Å². The van der Waals surface area contributed by atoms with Gasteiger partial charge in [0.1, 0.15) is 5.60 Å². The highest BCUT2D eigenvalue weighted by Gasteiger charge is 2.18. The van der Waals surface area contributed by atoms with Crippen molar-refractivity contribution < 1.29 is 9.53 Å². The second-order valence-corrected chi connectivity index (χ2v) is 6.34. The van der Waals surface area contributed by atoms with E-state index in [9.17, 15) is 4.79 Å². The van der Waals surface area contributed by atoms with Crippen LogP contribution in [0.1, 0.15) is 33.6 Å². The molecule has 0 aliphatic rings. The Kier molecular flexibility index (Phi) is 9.28. The smallest absolute Gasteiger partial charge is 0.410 e. The maximum Gasteiger partial charge on any atom is 0.410 e. The average molecular weight is 276 g/mol. The molecule has 0 rings (SSSR count). The Morgan fingerprint density at radius 1 is 1.28 bits per heavy atom. The predicted molar refractivity (Wildman–Crippen MR) is 79.3 cm³/mol. The molecule has 108 valence electrons. The minimum absolute atomic E-state index is 0.245. The van der Waals surface area contributed by atoms with E-state index in [1.807, 2.05) is 32.5 Å². The van der Waals surface area contributed by atoms with E-state index in [0.717, 1.165) is 26.1 Å². The fraction of sp³-hybridized carbons (Fsp3) is 0.923. The van der Waals surface area contributed by atoms with Crippen molar-refractivity contribution in [2.45, 2.75) is 39.2 Å². The molecule has 0 aromatic rings. The first-order chi connectivity index (χ1) is 8.37. The molecule has 0 fully saturated rings. The van der Waals surface area contributed by atoms with Crippen molar-refractivity contribution >= 4 is 17.9 Å². The molecular formula is C13H28N2O2S. The Balaban J connectivity index is 3.52. The summed E-state index contributed by atoms with van der Waals surface area (Å²) < 4.78 is 5.27. The monoisotopic (exact) mass is 276 g/mol. The number of nitrogens with zero attached hydrogens (tertiary/aromatic N) is 1. The zero-order valence-corrected chi connectivity index (χ0v) is 13.2. The van der Waals surface area contributed by atoms with Crippen LogP contribution < -0.4 is 5.32 Å². The molecule has 0 bridgehead atoms. The molecule has 0 spiro atoms. The molecule has 0 saturated carbocycles. The van der Waals surface area contributed by atoms with Gasteiger partial charge in [-0.1, -0.05) is 0 Å². The lowest BCUT2D eigenvalue weighted by atomic mass is 10.2. The van der Waals surface area contributed by atoms with Gasteiger partial charge in [0.25, 0.3) is 0 Å². The summed E-state index contributed by atoms with van der Waals surface area (Å²) in [5, 5.41) is 3.37. The van der Waals surface area contributed by atoms with E-state index in [0.29, 0.717) is 0 Å². The van der Waals surface area contributed by atoms with Crippen LogP contribution in [0.5, 0.6) is 0 Å². The van der Waals surface area contributed by atoms with Crippen molar-refractivity contribution in [1.82, 2.24) is 10.2 Å². The molecule has 4 nitrogen and oxygen atoms in total. The van der Waals surface area contributed by atoms with Crippen LogP contribution in [0.15, 0.2) is 0 Å². The van der Waals surface area contributed by atoms with Gasteiger partial charge in [-0.05, 0) is 58.7 Å². The van der Waals surface area contributed by atoms with Crippen LogP contribution in [0.25, 0.3) is 0 Å². The van der Waals surface area contributed by atoms with Gasteiger partial charge in [-0.3, -0.25) is 0 Å². The average Bonchev–Trinajstić information content (AvgIpc) is 2.25. The molecule has 0 aromatic heterocycles. The van der Waals surface area contributed by atoms with Crippen LogP contribution >= 0.6 is 11.8 Å². The number of carbonyl (C=O) groups excluding carboxylic acids is 1. The van der Waals surface area contributed by atoms with Gasteiger partial charge < -0.3 is 15.0 Å². The molecule has 0 unspecified atom stereocenters. The summed E-state index contributed by atoms with van der Waals surface area (Å²) in [4.78, 5) is 13.3. The molecule has 0 aliphatic carbocycles. The van der Waals surface area contributed by atoms with Gasteiger partial charge in [-0.2, -0.15) is 11.8 Å². The van der Waals surface area contributed by atoms with Crippen LogP contribution in [0.3, 0.4) is 0 Å². The number of amides is 1. The number of hydrogen-bond acceptors (Lipinski definition) is 4. The first-order valence-electron chi connectivity index (χ1n) is 6.50. The van der Waals surface area contributed by atoms with E-state index < -0.39 is 5.60 Å². The van der Waals surface area contributed by atoms with Crippen LogP contribution in [0.4, 0.5) is 4.79 Å². The highest BCUT2D eigenvalue weighted by molar-refractivity contribution is 7.98. The van der Waals surface area contributed by atoms with E-state index in [4.69, 9.17) is 4.74 Å². The number of nitrogens with one attached hydrogen (secondary N) is 1. The molecule has 0 aliphatic heterocycles. The molecule has 18 heavy (non-hydrogen) atoms. The topological polar surface area (TPSA) is 41.6 Å². The lowest BCUT2D eigenvalue weighted by Crippen LogP contribution is -2.35. The van der Waals surface area contributed by atoms with Crippen LogP contribution in [-0.4, -0.2) is 55.3 Å². The number of carbonyl (C=O) groups is 1. The largest absolute Gasteiger partial charge is 0.444 e. The van der Waals surface area contributed by atoms with Gasteiger partial charge in [0.05, 0.1) is 0 Å². The number of ether oxygens (including phenoxy) is 1. The van der Waals surface area contributed by atoms with Crippen molar-refractivity contribution in [2.24, 2.45) is 0 Å². The molecule has 0 radical (unpaired) electrons. The van der Waals surface area contributed by atoms with Gasteiger partial charge in [0, 0.05) is 13.6 Å². The lowest BCUT2D eigenvalue weighted by Gasteiger charge is -2.24. The van der Waals surface area contributed by atoms with E-state index in [1.165, 1.54) is 12.2 Å². The first kappa shape index (κ1) is 17.6. The Bertz CT molecular complexity index is 230. The maximum absolute atomic E-state index is 11.6. The quantitative estimate of drug-likeness (QED) is 0.692. The van der Waals surface area contributed by atoms with Crippen LogP contribution in [0.2, 0.25) is 0 Å². The van der Waals surface area contributed by atoms with Crippen molar-refractivity contribution in [3.8, 4) is 0 Å². The van der Waals surface area contributed by atoms with Crippen molar-refractivity contribution in [3.05, 3.63) is 0 Å². The normalized spacial score (nSPS) is 11.4. The fourth-order valence-electron chi connectivity index (χ4n) is 1.34. The summed E-state index contributed by atoms with van der Waals surface area (Å²) in [6.07, 6.45) is 4.03. The molecule has 1 amide bonds. The zero-order chi connectivity index (χ0) is 14.0. The molecular weight excluding hydrogens is 248 g/mol. The second kappa shape index (κ2) is 9.50. The number of thioether (sulfide) groups is 1. The minimum Gasteiger partial charge on any atom is -0.444 e. The standard InChI is InChI=1S/C13H28N2O2S/c1-13(2,3)17-12(16)15(4)10-6-8-14-9-7-11-18-5/h14H,6-11H2,1-5H3. The SMILES string of the molecule is CSCCCNCCCN(C)C(=O)OC(C)(C)C. The summed E-state index contributed by atoms with van der Waals surface area (Å²) in [5.41, 5.74) is -0.415. The Morgan fingerprint density at radius 2 is 1.89 bits per heavy atom. The number of rotatable bonds is 8. The third-order valence-electron chi connectivity index (χ3n) is 2.25. The third kappa shape index (κ3) is 10.7. The lowest BCUT2D eigenvalue weighted by molar-refractivity contribution is 0.0297. The zero-order valence-electron chi connectivity index (χ0n) is 12.4. The number of hydrogen-bond donors (Lipinski definition) is 1. The summed E-state index contributed by atoms with van der Waals surface area (Å²) in [5.74, 6) is 1.20. The Labute approximate surface area is 116 Å². The molecule has 0 atom stereocenters. The first-order valence-corrected chi connectivity index (χ1v) is 7.90. The third-order valence-corrected chi connectivity index (χ3v) is 2.95. The van der Waals surface area contributed by atoms with E-state index in [-0.39, 0.29) is 6.09 Å². The molecule has 0 aromatic carbocycles. The van der Waals surface area contributed by atoms with Crippen molar-refractivity contribution in [1.29, 1.82) is 0 Å². The van der Waals surface area contributed by atoms with Gasteiger partial charge in [-0.25, -0.2) is 4.79 Å². The second-order valence-electron chi connectivity index (χ2n) is 5.35. The predicted octanol–water partition coefficient (Wildman–Crippen LogP) is 2.59. The van der Waals surface area contributed by atoms with Gasteiger partial charge in [0.15, 0.2) is 0 Å². The fourth-order valence-corrected chi connectivity index (χ4v) is 1.77. The minimum atomic E-state index is -0.415. The Morgan fingerprint density at radius 3 is 2.44 bits per heavy atom. The van der Waals surface area contributed by atoms with Crippen LogP contribution in [-0.2, 0) is 4.74 Å². The van der Waals surface area contributed by atoms with E-state index in [1.54, 1.807) is 11.9 Å². The van der Waals surface area contributed by atoms with Crippen molar-refractivity contribution in [2.75, 3.05) is 38.7 Å². The van der Waals surface area contributed by atoms with Crippen molar-refractivity contribution in [3.63, 3.8) is 0 Å². The summed E-state index contributed by atoms with van der Waals surface area (Å²) >= 11 is 1.87. The molecule has 0 saturated heterocycles. The highest BCUT2D eigenvalue weighted by atomic mass is 32.2. The van der Waals surface area contributed by atoms with E-state index in [2.05, 4.69) is 11.6 Å². The molecule has 1 N–H and O–H groups in total. The maximum atomic E-state index is 11.6. The Hall–Kier alpha value is -0.420. The summed E-state index contributed by atoms with van der Waals surface area (Å²) in [6.45, 7) is 8.37. The van der Waals surface area contributed by atoms with Gasteiger partial charge >= 0.3 is 6.09 Å². The molecule has 0 heterocycles. The highest BCUT2D eigenvalue weighted by Crippen LogP contribution is 2.08. The molecule has 5 heteroatoms. The summed E-state index contributed by atoms with van der Waals surface area (Å²) in [7, 11) is 1.78. The van der Waals surface area contributed by atoms with Crippen LogP contribution in [0, 0.1) is 0 Å². The van der Waals surface area contributed by atoms with Gasteiger partial charge in [-0.15, -0.1) is 0 Å². The van der Waals surface area contributed by atoms with E-state index >= 15 is 0 Å².